The van der Waals surface area contributed by atoms with Crippen molar-refractivity contribution in [1.29, 1.82) is 0 Å². The Labute approximate surface area is 155 Å². The van der Waals surface area contributed by atoms with E-state index in [9.17, 15) is 4.79 Å². The normalized spacial score (nSPS) is 17.1. The molecule has 0 saturated heterocycles. The zero-order valence-corrected chi connectivity index (χ0v) is 15.5. The Morgan fingerprint density at radius 2 is 2.08 bits per heavy atom. The highest BCUT2D eigenvalue weighted by Gasteiger charge is 2.24. The first kappa shape index (κ1) is 17.5. The number of amides is 1. The van der Waals surface area contributed by atoms with Crippen LogP contribution < -0.4 is 9.64 Å². The van der Waals surface area contributed by atoms with E-state index < -0.39 is 0 Å². The number of anilines is 1. The highest BCUT2D eigenvalue weighted by atomic mass is 35.5. The molecule has 3 rings (SSSR count). The summed E-state index contributed by atoms with van der Waals surface area (Å²) in [5.41, 5.74) is 0.947. The second-order valence-corrected chi connectivity index (χ2v) is 7.92. The van der Waals surface area contributed by atoms with Gasteiger partial charge >= 0.3 is 0 Å². The molecule has 0 fully saturated rings. The fraction of sp³-hybridized carbons (Fsp3) is 0.278. The van der Waals surface area contributed by atoms with Crippen LogP contribution in [0.5, 0.6) is 5.75 Å². The largest absolute Gasteiger partial charge is 0.482 e. The molecule has 0 aromatic heterocycles. The Bertz CT molecular complexity index is 754. The van der Waals surface area contributed by atoms with Crippen LogP contribution in [0.3, 0.4) is 0 Å². The average molecular weight is 382 g/mol. The molecule has 126 valence electrons. The number of benzene rings is 2. The molecule has 2 aromatic rings. The molecular weight excluding hydrogens is 365 g/mol. The Morgan fingerprint density at radius 3 is 2.88 bits per heavy atom. The number of hydrogen-bond acceptors (Lipinski definition) is 3. The maximum Gasteiger partial charge on any atom is 0.264 e. The minimum Gasteiger partial charge on any atom is -0.482 e. The first-order valence-electron chi connectivity index (χ1n) is 7.68. The van der Waals surface area contributed by atoms with Crippen molar-refractivity contribution in [3.63, 3.8) is 0 Å². The van der Waals surface area contributed by atoms with Crippen LogP contribution in [0, 0.1) is 0 Å². The Morgan fingerprint density at radius 1 is 1.29 bits per heavy atom. The van der Waals surface area contributed by atoms with Crippen molar-refractivity contribution in [2.24, 2.45) is 0 Å². The maximum atomic E-state index is 12.7. The summed E-state index contributed by atoms with van der Waals surface area (Å²) in [6.07, 6.45) is 0.937. The van der Waals surface area contributed by atoms with Gasteiger partial charge in [0.15, 0.2) is 6.61 Å². The van der Waals surface area contributed by atoms with Gasteiger partial charge in [-0.15, -0.1) is 11.8 Å². The third-order valence-electron chi connectivity index (χ3n) is 3.79. The van der Waals surface area contributed by atoms with Gasteiger partial charge in [-0.25, -0.2) is 0 Å². The van der Waals surface area contributed by atoms with Crippen molar-refractivity contribution in [2.75, 3.05) is 18.1 Å². The molecule has 1 aliphatic rings. The predicted molar refractivity (Wildman–Crippen MR) is 101 cm³/mol. The van der Waals surface area contributed by atoms with E-state index in [2.05, 4.69) is 13.0 Å². The van der Waals surface area contributed by atoms with Crippen LogP contribution in [-0.4, -0.2) is 24.3 Å². The molecular formula is C18H17Cl2NO2S. The maximum absolute atomic E-state index is 12.7. The number of thioether (sulfide) groups is 1. The molecule has 0 N–H and O–H groups in total. The van der Waals surface area contributed by atoms with Crippen LogP contribution in [0.1, 0.15) is 13.3 Å². The van der Waals surface area contributed by atoms with Gasteiger partial charge in [0.2, 0.25) is 0 Å². The van der Waals surface area contributed by atoms with E-state index in [0.29, 0.717) is 27.6 Å². The molecule has 0 radical (unpaired) electrons. The topological polar surface area (TPSA) is 29.5 Å². The number of carbonyl (C=O) groups is 1. The Kier molecular flexibility index (Phi) is 5.59. The number of rotatable bonds is 3. The molecule has 0 bridgehead atoms. The first-order chi connectivity index (χ1) is 11.5. The highest BCUT2D eigenvalue weighted by Crippen LogP contribution is 2.37. The van der Waals surface area contributed by atoms with E-state index in [4.69, 9.17) is 27.9 Å². The van der Waals surface area contributed by atoms with Crippen LogP contribution in [0.25, 0.3) is 0 Å². The van der Waals surface area contributed by atoms with Gasteiger partial charge in [0, 0.05) is 21.7 Å². The third kappa shape index (κ3) is 4.00. The summed E-state index contributed by atoms with van der Waals surface area (Å²) < 4.78 is 5.60. The fourth-order valence-corrected chi connectivity index (χ4v) is 4.13. The summed E-state index contributed by atoms with van der Waals surface area (Å²) in [5, 5.41) is 1.40. The zero-order chi connectivity index (χ0) is 17.1. The monoisotopic (exact) mass is 381 g/mol. The molecule has 1 heterocycles. The molecule has 0 aliphatic carbocycles. The molecule has 1 amide bonds. The Hall–Kier alpha value is -1.36. The second kappa shape index (κ2) is 7.68. The van der Waals surface area contributed by atoms with Gasteiger partial charge in [0.1, 0.15) is 5.75 Å². The van der Waals surface area contributed by atoms with Crippen molar-refractivity contribution < 1.29 is 9.53 Å². The standard InChI is InChI=1S/C18H17Cl2NO2S/c1-12-8-9-21(15-4-2-3-5-17(15)24-12)18(22)11-23-16-7-6-13(19)10-14(16)20/h2-7,10,12H,8-9,11H2,1H3/t12-/m1/s1. The van der Waals surface area contributed by atoms with E-state index in [-0.39, 0.29) is 12.5 Å². The molecule has 1 atom stereocenters. The van der Waals surface area contributed by atoms with Gasteiger partial charge in [-0.1, -0.05) is 42.3 Å². The molecule has 24 heavy (non-hydrogen) atoms. The van der Waals surface area contributed by atoms with Crippen LogP contribution >= 0.6 is 35.0 Å². The first-order valence-corrected chi connectivity index (χ1v) is 9.32. The molecule has 3 nitrogen and oxygen atoms in total. The third-order valence-corrected chi connectivity index (χ3v) is 5.56. The second-order valence-electron chi connectivity index (χ2n) is 5.59. The van der Waals surface area contributed by atoms with Gasteiger partial charge in [-0.2, -0.15) is 0 Å². The smallest absolute Gasteiger partial charge is 0.264 e. The summed E-state index contributed by atoms with van der Waals surface area (Å²) in [5.74, 6) is 0.378. The molecule has 0 unspecified atom stereocenters. The average Bonchev–Trinajstić information content (AvgIpc) is 2.72. The van der Waals surface area contributed by atoms with E-state index in [0.717, 1.165) is 17.0 Å². The van der Waals surface area contributed by atoms with Crippen LogP contribution in [0.2, 0.25) is 10.0 Å². The number of nitrogens with zero attached hydrogens (tertiary/aromatic N) is 1. The van der Waals surface area contributed by atoms with Crippen molar-refractivity contribution in [3.8, 4) is 5.75 Å². The molecule has 1 aliphatic heterocycles. The zero-order valence-electron chi connectivity index (χ0n) is 13.2. The predicted octanol–water partition coefficient (Wildman–Crippen LogP) is 5.29. The number of halogens is 2. The van der Waals surface area contributed by atoms with Crippen molar-refractivity contribution in [3.05, 3.63) is 52.5 Å². The summed E-state index contributed by atoms with van der Waals surface area (Å²) in [6, 6.07) is 12.9. The van der Waals surface area contributed by atoms with Gasteiger partial charge in [0.25, 0.3) is 5.91 Å². The van der Waals surface area contributed by atoms with Crippen LogP contribution in [0.15, 0.2) is 47.4 Å². The minimum atomic E-state index is -0.0804. The van der Waals surface area contributed by atoms with Crippen LogP contribution in [-0.2, 0) is 4.79 Å². The van der Waals surface area contributed by atoms with E-state index in [1.165, 1.54) is 0 Å². The van der Waals surface area contributed by atoms with Crippen molar-refractivity contribution >= 4 is 46.6 Å². The molecule has 0 saturated carbocycles. The summed E-state index contributed by atoms with van der Waals surface area (Å²) in [6.45, 7) is 2.80. The van der Waals surface area contributed by atoms with E-state index >= 15 is 0 Å². The number of para-hydroxylation sites is 1. The number of fused-ring (bicyclic) bond motifs is 1. The van der Waals surface area contributed by atoms with Crippen LogP contribution in [0.4, 0.5) is 5.69 Å². The van der Waals surface area contributed by atoms with Crippen molar-refractivity contribution in [1.82, 2.24) is 0 Å². The quantitative estimate of drug-likeness (QED) is 0.723. The number of ether oxygens (including phenoxy) is 1. The number of hydrogen-bond donors (Lipinski definition) is 0. The lowest BCUT2D eigenvalue weighted by molar-refractivity contribution is -0.120. The van der Waals surface area contributed by atoms with Gasteiger partial charge in [0.05, 0.1) is 10.7 Å². The Balaban J connectivity index is 1.75. The molecule has 0 spiro atoms. The summed E-state index contributed by atoms with van der Waals surface area (Å²) in [7, 11) is 0. The SMILES string of the molecule is C[C@@H]1CCN(C(=O)COc2ccc(Cl)cc2Cl)c2ccccc2S1. The lowest BCUT2D eigenvalue weighted by Gasteiger charge is -2.22. The molecule has 2 aromatic carbocycles. The lowest BCUT2D eigenvalue weighted by Crippen LogP contribution is -2.36. The van der Waals surface area contributed by atoms with Gasteiger partial charge in [-0.05, 0) is 36.8 Å². The van der Waals surface area contributed by atoms with Gasteiger partial charge < -0.3 is 9.64 Å². The fourth-order valence-electron chi connectivity index (χ4n) is 2.56. The van der Waals surface area contributed by atoms with Crippen molar-refractivity contribution in [2.45, 2.75) is 23.5 Å². The lowest BCUT2D eigenvalue weighted by atomic mass is 10.2. The summed E-state index contributed by atoms with van der Waals surface area (Å²) in [4.78, 5) is 15.6. The van der Waals surface area contributed by atoms with E-state index in [1.54, 1.807) is 34.9 Å². The van der Waals surface area contributed by atoms with E-state index in [1.807, 2.05) is 18.2 Å². The number of carbonyl (C=O) groups excluding carboxylic acids is 1. The van der Waals surface area contributed by atoms with Gasteiger partial charge in [-0.3, -0.25) is 4.79 Å². The highest BCUT2D eigenvalue weighted by molar-refractivity contribution is 8.00. The molecule has 6 heteroatoms. The minimum absolute atomic E-state index is 0.0608. The summed E-state index contributed by atoms with van der Waals surface area (Å²) >= 11 is 13.8.